The van der Waals surface area contributed by atoms with Crippen molar-refractivity contribution in [3.8, 4) is 0 Å². The van der Waals surface area contributed by atoms with Crippen molar-refractivity contribution in [3.63, 3.8) is 0 Å². The van der Waals surface area contributed by atoms with Crippen molar-refractivity contribution in [1.82, 2.24) is 9.47 Å². The van der Waals surface area contributed by atoms with Crippen LogP contribution in [-0.4, -0.2) is 35.0 Å². The van der Waals surface area contributed by atoms with Crippen molar-refractivity contribution in [3.05, 3.63) is 153 Å². The Morgan fingerprint density at radius 1 is 0.872 bits per heavy atom. The first-order valence-corrected chi connectivity index (χ1v) is 15.2. The molecule has 0 spiro atoms. The lowest BCUT2D eigenvalue weighted by Gasteiger charge is -2.23. The van der Waals surface area contributed by atoms with Gasteiger partial charge >= 0.3 is 5.97 Å². The molecule has 0 aliphatic rings. The van der Waals surface area contributed by atoms with Crippen molar-refractivity contribution in [2.24, 2.45) is 0 Å². The fourth-order valence-corrected chi connectivity index (χ4v) is 5.67. The maximum absolute atomic E-state index is 14.9. The molecule has 7 nitrogen and oxygen atoms in total. The number of esters is 1. The van der Waals surface area contributed by atoms with Gasteiger partial charge < -0.3 is 14.6 Å². The Hall–Kier alpha value is -5.41. The molecule has 240 valence electrons. The maximum atomic E-state index is 14.9. The Morgan fingerprint density at radius 2 is 1.55 bits per heavy atom. The van der Waals surface area contributed by atoms with Crippen molar-refractivity contribution in [1.29, 1.82) is 0 Å². The van der Waals surface area contributed by atoms with E-state index in [9.17, 15) is 23.2 Å². The molecule has 1 aromatic heterocycles. The number of aromatic nitrogens is 1. The van der Waals surface area contributed by atoms with Gasteiger partial charge in [-0.15, -0.1) is 0 Å². The van der Waals surface area contributed by atoms with Gasteiger partial charge in [0.05, 0.1) is 24.1 Å². The number of rotatable bonds is 11. The summed E-state index contributed by atoms with van der Waals surface area (Å²) in [6.07, 6.45) is 1.31. The lowest BCUT2D eigenvalue weighted by molar-refractivity contribution is -0.114. The third-order valence-corrected chi connectivity index (χ3v) is 7.84. The van der Waals surface area contributed by atoms with E-state index < -0.39 is 23.0 Å². The molecule has 5 rings (SSSR count). The first-order chi connectivity index (χ1) is 22.6. The fourth-order valence-electron chi connectivity index (χ4n) is 5.67. The van der Waals surface area contributed by atoms with E-state index in [4.69, 9.17) is 4.74 Å². The van der Waals surface area contributed by atoms with Gasteiger partial charge in [0.25, 0.3) is 0 Å². The molecular formula is C38H35F2N3O4. The van der Waals surface area contributed by atoms with Crippen LogP contribution in [0, 0.1) is 11.6 Å². The number of hydrogen-bond donors (Lipinski definition) is 1. The number of benzene rings is 4. The number of halogens is 2. The summed E-state index contributed by atoms with van der Waals surface area (Å²) in [5, 5.41) is 2.97. The van der Waals surface area contributed by atoms with Crippen LogP contribution in [-0.2, 0) is 29.2 Å². The van der Waals surface area contributed by atoms with Gasteiger partial charge in [0.2, 0.25) is 11.3 Å². The summed E-state index contributed by atoms with van der Waals surface area (Å²) in [7, 11) is 1.92. The molecule has 0 unspecified atom stereocenters. The normalized spacial score (nSPS) is 11.1. The van der Waals surface area contributed by atoms with Crippen LogP contribution in [0.3, 0.4) is 0 Å². The number of carbonyl (C=O) groups excluding carboxylic acids is 2. The van der Waals surface area contributed by atoms with Crippen LogP contribution in [0.5, 0.6) is 0 Å². The molecule has 4 aromatic carbocycles. The molecule has 0 radical (unpaired) electrons. The average Bonchev–Trinajstić information content (AvgIpc) is 3.04. The molecule has 0 atom stereocenters. The highest BCUT2D eigenvalue weighted by Gasteiger charge is 2.23. The van der Waals surface area contributed by atoms with E-state index in [0.717, 1.165) is 11.1 Å². The van der Waals surface area contributed by atoms with Crippen molar-refractivity contribution < 1.29 is 23.1 Å². The Labute approximate surface area is 271 Å². The standard InChI is InChI=1S/C38H35F2N3O4/c1-5-47-38(46)32-23-43(22-31-33(39)12-9-13-34(31)40)35-19-18-29(24(2)27-14-16-28(17-15-27)41-25(3)44)30(36(35)37(32)45)21-42(4)20-26-10-7-6-8-11-26/h6-19,23H,2,5,20-22H2,1,3-4H3,(H,41,44). The van der Waals surface area contributed by atoms with Crippen LogP contribution in [0.1, 0.15) is 52.0 Å². The van der Waals surface area contributed by atoms with Gasteiger partial charge in [-0.25, -0.2) is 13.6 Å². The van der Waals surface area contributed by atoms with E-state index in [1.54, 1.807) is 25.1 Å². The van der Waals surface area contributed by atoms with Crippen LogP contribution in [0.15, 0.2) is 102 Å². The van der Waals surface area contributed by atoms with E-state index in [0.29, 0.717) is 34.4 Å². The number of ether oxygens (including phenoxy) is 1. The van der Waals surface area contributed by atoms with Gasteiger partial charge in [-0.05, 0) is 72.1 Å². The molecule has 0 fully saturated rings. The number of pyridine rings is 1. The lowest BCUT2D eigenvalue weighted by Crippen LogP contribution is -2.25. The molecule has 1 N–H and O–H groups in total. The van der Waals surface area contributed by atoms with Gasteiger partial charge in [0.1, 0.15) is 17.2 Å². The van der Waals surface area contributed by atoms with Crippen LogP contribution in [0.2, 0.25) is 0 Å². The van der Waals surface area contributed by atoms with Crippen molar-refractivity contribution >= 4 is 34.0 Å². The van der Waals surface area contributed by atoms with Crippen molar-refractivity contribution in [2.75, 3.05) is 19.0 Å². The van der Waals surface area contributed by atoms with E-state index in [1.807, 2.05) is 60.5 Å². The number of hydrogen-bond acceptors (Lipinski definition) is 5. The second kappa shape index (κ2) is 14.3. The van der Waals surface area contributed by atoms with E-state index in [1.165, 1.54) is 35.9 Å². The van der Waals surface area contributed by atoms with Crippen molar-refractivity contribution in [2.45, 2.75) is 33.5 Å². The Bertz CT molecular complexity index is 2000. The Morgan fingerprint density at radius 3 is 2.19 bits per heavy atom. The first kappa shape index (κ1) is 33.0. The quantitative estimate of drug-likeness (QED) is 0.156. The number of nitrogens with one attached hydrogen (secondary N) is 1. The minimum atomic E-state index is -0.830. The third-order valence-electron chi connectivity index (χ3n) is 7.84. The SMILES string of the molecule is C=C(c1ccc(NC(C)=O)cc1)c1ccc2c(c1CN(C)Cc1ccccc1)c(=O)c(C(=O)OCC)cn2Cc1c(F)cccc1F. The van der Waals surface area contributed by atoms with Gasteiger partial charge in [-0.1, -0.05) is 61.2 Å². The highest BCUT2D eigenvalue weighted by molar-refractivity contribution is 5.97. The Kier molecular flexibility index (Phi) is 10.1. The van der Waals surface area contributed by atoms with Gasteiger partial charge in [-0.2, -0.15) is 0 Å². The van der Waals surface area contributed by atoms with Gasteiger partial charge in [0, 0.05) is 37.5 Å². The lowest BCUT2D eigenvalue weighted by atomic mass is 9.91. The zero-order valence-corrected chi connectivity index (χ0v) is 26.5. The molecule has 5 aromatic rings. The summed E-state index contributed by atoms with van der Waals surface area (Å²) >= 11 is 0. The van der Waals surface area contributed by atoms with Crippen LogP contribution in [0.4, 0.5) is 14.5 Å². The highest BCUT2D eigenvalue weighted by atomic mass is 19.1. The van der Waals surface area contributed by atoms with Crippen LogP contribution >= 0.6 is 0 Å². The number of nitrogens with zero attached hydrogens (tertiary/aromatic N) is 2. The summed E-state index contributed by atoms with van der Waals surface area (Å²) in [6, 6.07) is 24.2. The molecule has 9 heteroatoms. The van der Waals surface area contributed by atoms with Crippen LogP contribution in [0.25, 0.3) is 16.5 Å². The third kappa shape index (κ3) is 7.37. The average molecular weight is 636 g/mol. The molecule has 47 heavy (non-hydrogen) atoms. The zero-order valence-electron chi connectivity index (χ0n) is 26.5. The second-order valence-electron chi connectivity index (χ2n) is 11.3. The maximum Gasteiger partial charge on any atom is 0.343 e. The molecule has 0 saturated carbocycles. The second-order valence-corrected chi connectivity index (χ2v) is 11.3. The smallest absolute Gasteiger partial charge is 0.343 e. The summed E-state index contributed by atoms with van der Waals surface area (Å²) in [5.74, 6) is -2.52. The van der Waals surface area contributed by atoms with E-state index in [2.05, 4.69) is 11.9 Å². The van der Waals surface area contributed by atoms with Gasteiger partial charge in [-0.3, -0.25) is 14.5 Å². The van der Waals surface area contributed by atoms with E-state index >= 15 is 0 Å². The number of fused-ring (bicyclic) bond motifs is 1. The largest absolute Gasteiger partial charge is 0.462 e. The Balaban J connectivity index is 1.73. The molecule has 0 saturated heterocycles. The predicted molar refractivity (Wildman–Crippen MR) is 180 cm³/mol. The predicted octanol–water partition coefficient (Wildman–Crippen LogP) is 7.16. The monoisotopic (exact) mass is 635 g/mol. The summed E-state index contributed by atoms with van der Waals surface area (Å²) in [4.78, 5) is 41.0. The molecule has 0 aliphatic heterocycles. The van der Waals surface area contributed by atoms with Crippen LogP contribution < -0.4 is 10.7 Å². The minimum absolute atomic E-state index is 0.0379. The number of carbonyl (C=O) groups is 2. The highest BCUT2D eigenvalue weighted by Crippen LogP contribution is 2.32. The number of amides is 1. The molecule has 0 bridgehead atoms. The van der Waals surface area contributed by atoms with Gasteiger partial charge in [0.15, 0.2) is 0 Å². The molecule has 1 amide bonds. The summed E-state index contributed by atoms with van der Waals surface area (Å²) < 4.78 is 36.5. The summed E-state index contributed by atoms with van der Waals surface area (Å²) in [6.45, 7) is 8.03. The fraction of sp³-hybridized carbons (Fsp3) is 0.184. The first-order valence-electron chi connectivity index (χ1n) is 15.2. The molecule has 1 heterocycles. The molecule has 0 aliphatic carbocycles. The summed E-state index contributed by atoms with van der Waals surface area (Å²) in [5.41, 5.74) is 3.68. The van der Waals surface area contributed by atoms with E-state index in [-0.39, 0.29) is 42.1 Å². The topological polar surface area (TPSA) is 80.6 Å². The minimum Gasteiger partial charge on any atom is -0.462 e. The number of anilines is 1. The zero-order chi connectivity index (χ0) is 33.7. The molecular weight excluding hydrogens is 600 g/mol.